The average molecular weight is 792 g/mol. The maximum atomic E-state index is 5.32. The van der Waals surface area contributed by atoms with E-state index in [4.69, 9.17) is 15.0 Å². The predicted molar refractivity (Wildman–Crippen MR) is 256 cm³/mol. The van der Waals surface area contributed by atoms with Crippen molar-refractivity contribution in [1.82, 2.24) is 24.1 Å². The molecule has 12 rings (SSSR count). The van der Waals surface area contributed by atoms with Crippen LogP contribution in [0.5, 0.6) is 0 Å². The molecular weight excluding hydrogens is 755 g/mol. The molecule has 5 nitrogen and oxygen atoms in total. The Balaban J connectivity index is 1.16. The standard InChI is InChI=1S/C57H37N5/c1-5-18-38(19-6-1)39-32-34-43(35-33-39)56-58-55(42-24-11-4-12-25-42)59-57(60-56)62-51-31-16-14-27-47(51)49-36-48-46-26-13-15-30-50(46)61(52(48)37-53(49)62)54-44(40-20-7-2-8-21-40)28-17-29-45(54)41-22-9-3-10-23-41/h1-37H. The van der Waals surface area contributed by atoms with Crippen molar-refractivity contribution in [1.29, 1.82) is 0 Å². The van der Waals surface area contributed by atoms with Gasteiger partial charge in [0.25, 0.3) is 0 Å². The van der Waals surface area contributed by atoms with Crippen LogP contribution in [0.25, 0.3) is 111 Å². The van der Waals surface area contributed by atoms with Gasteiger partial charge in [-0.25, -0.2) is 4.98 Å². The third-order valence-corrected chi connectivity index (χ3v) is 12.0. The Bertz CT molecular complexity index is 3540. The zero-order valence-electron chi connectivity index (χ0n) is 33.6. The largest absolute Gasteiger partial charge is 0.308 e. The molecule has 0 unspecified atom stereocenters. The minimum absolute atomic E-state index is 0.559. The summed E-state index contributed by atoms with van der Waals surface area (Å²) in [6.07, 6.45) is 0. The summed E-state index contributed by atoms with van der Waals surface area (Å²) in [5.74, 6) is 1.78. The summed E-state index contributed by atoms with van der Waals surface area (Å²) in [4.78, 5) is 15.7. The second-order valence-corrected chi connectivity index (χ2v) is 15.6. The van der Waals surface area contributed by atoms with E-state index in [1.807, 2.05) is 24.3 Å². The summed E-state index contributed by atoms with van der Waals surface area (Å²) < 4.78 is 4.70. The molecule has 0 atom stereocenters. The number of para-hydroxylation sites is 3. The van der Waals surface area contributed by atoms with Crippen LogP contribution in [0.3, 0.4) is 0 Å². The summed E-state index contributed by atoms with van der Waals surface area (Å²) in [5, 5.41) is 4.63. The van der Waals surface area contributed by atoms with Crippen molar-refractivity contribution in [2.75, 3.05) is 0 Å². The zero-order valence-corrected chi connectivity index (χ0v) is 33.6. The van der Waals surface area contributed by atoms with Crippen LogP contribution in [-0.2, 0) is 0 Å². The van der Waals surface area contributed by atoms with Crippen molar-refractivity contribution in [2.45, 2.75) is 0 Å². The molecule has 5 heteroatoms. The molecule has 0 aliphatic carbocycles. The first-order chi connectivity index (χ1) is 30.8. The topological polar surface area (TPSA) is 48.5 Å². The van der Waals surface area contributed by atoms with E-state index in [0.717, 1.165) is 83.0 Å². The number of rotatable bonds is 7. The Kier molecular flexibility index (Phi) is 8.42. The number of nitrogens with zero attached hydrogens (tertiary/aromatic N) is 5. The van der Waals surface area contributed by atoms with E-state index in [-0.39, 0.29) is 0 Å². The molecule has 0 aliphatic rings. The van der Waals surface area contributed by atoms with Gasteiger partial charge < -0.3 is 4.57 Å². The third-order valence-electron chi connectivity index (χ3n) is 12.0. The molecule has 0 N–H and O–H groups in total. The first-order valence-electron chi connectivity index (χ1n) is 21.0. The minimum atomic E-state index is 0.559. The number of fused-ring (bicyclic) bond motifs is 6. The fourth-order valence-corrected chi connectivity index (χ4v) is 9.13. The molecule has 0 saturated carbocycles. The Morgan fingerprint density at radius 1 is 0.258 bits per heavy atom. The molecule has 0 bridgehead atoms. The smallest absolute Gasteiger partial charge is 0.238 e. The first-order valence-corrected chi connectivity index (χ1v) is 21.0. The van der Waals surface area contributed by atoms with Gasteiger partial charge in [0.15, 0.2) is 11.6 Å². The van der Waals surface area contributed by atoms with Gasteiger partial charge in [0.1, 0.15) is 0 Å². The van der Waals surface area contributed by atoms with Crippen LogP contribution in [0.4, 0.5) is 0 Å². The normalized spacial score (nSPS) is 11.5. The fraction of sp³-hybridized carbons (Fsp3) is 0. The highest BCUT2D eigenvalue weighted by atomic mass is 15.2. The van der Waals surface area contributed by atoms with Gasteiger partial charge in [-0.05, 0) is 46.5 Å². The van der Waals surface area contributed by atoms with E-state index < -0.39 is 0 Å². The lowest BCUT2D eigenvalue weighted by molar-refractivity contribution is 0.953. The van der Waals surface area contributed by atoms with Crippen molar-refractivity contribution in [3.05, 3.63) is 224 Å². The third kappa shape index (κ3) is 5.90. The summed E-state index contributed by atoms with van der Waals surface area (Å²) in [5.41, 5.74) is 14.2. The minimum Gasteiger partial charge on any atom is -0.308 e. The Morgan fingerprint density at radius 2 is 0.661 bits per heavy atom. The van der Waals surface area contributed by atoms with Crippen molar-refractivity contribution in [3.8, 4) is 67.8 Å². The molecule has 12 aromatic rings. The van der Waals surface area contributed by atoms with Gasteiger partial charge in [0, 0.05) is 43.8 Å². The summed E-state index contributed by atoms with van der Waals surface area (Å²) in [6, 6.07) is 79.3. The maximum Gasteiger partial charge on any atom is 0.238 e. The van der Waals surface area contributed by atoms with Gasteiger partial charge in [0.2, 0.25) is 5.95 Å². The van der Waals surface area contributed by atoms with Gasteiger partial charge in [-0.15, -0.1) is 0 Å². The van der Waals surface area contributed by atoms with E-state index in [0.29, 0.717) is 17.6 Å². The van der Waals surface area contributed by atoms with Crippen LogP contribution < -0.4 is 0 Å². The van der Waals surface area contributed by atoms with Gasteiger partial charge >= 0.3 is 0 Å². The molecular formula is C57H37N5. The number of hydrogen-bond acceptors (Lipinski definition) is 3. The van der Waals surface area contributed by atoms with E-state index in [2.05, 4.69) is 209 Å². The molecule has 0 radical (unpaired) electrons. The number of benzene rings is 9. The molecule has 9 aromatic carbocycles. The molecule has 290 valence electrons. The summed E-state index contributed by atoms with van der Waals surface area (Å²) in [6.45, 7) is 0. The molecule has 0 fully saturated rings. The Morgan fingerprint density at radius 3 is 1.21 bits per heavy atom. The lowest BCUT2D eigenvalue weighted by Gasteiger charge is -2.19. The van der Waals surface area contributed by atoms with E-state index in [1.165, 1.54) is 10.8 Å². The first kappa shape index (κ1) is 35.5. The van der Waals surface area contributed by atoms with Gasteiger partial charge in [0.05, 0.1) is 27.8 Å². The second kappa shape index (κ2) is 14.7. The van der Waals surface area contributed by atoms with Crippen LogP contribution >= 0.6 is 0 Å². The maximum absolute atomic E-state index is 5.32. The number of hydrogen-bond donors (Lipinski definition) is 0. The van der Waals surface area contributed by atoms with Crippen LogP contribution in [0.15, 0.2) is 224 Å². The van der Waals surface area contributed by atoms with E-state index in [9.17, 15) is 0 Å². The highest BCUT2D eigenvalue weighted by molar-refractivity contribution is 6.19. The van der Waals surface area contributed by atoms with Crippen LogP contribution in [0.1, 0.15) is 0 Å². The lowest BCUT2D eigenvalue weighted by atomic mass is 9.95. The zero-order chi connectivity index (χ0) is 41.0. The molecule has 0 spiro atoms. The SMILES string of the molecule is c1ccc(-c2ccc(-c3nc(-c4ccccc4)nc(-n4c5ccccc5c5cc6c7ccccc7n(-c7c(-c8ccccc8)cccc7-c7ccccc7)c6cc54)n3)cc2)cc1. The number of aromatic nitrogens is 5. The molecule has 0 saturated heterocycles. The summed E-state index contributed by atoms with van der Waals surface area (Å²) >= 11 is 0. The molecule has 62 heavy (non-hydrogen) atoms. The van der Waals surface area contributed by atoms with Crippen molar-refractivity contribution in [2.24, 2.45) is 0 Å². The molecule has 0 amide bonds. The lowest BCUT2D eigenvalue weighted by Crippen LogP contribution is -2.06. The van der Waals surface area contributed by atoms with Crippen LogP contribution in [0, 0.1) is 0 Å². The highest BCUT2D eigenvalue weighted by Crippen LogP contribution is 2.44. The van der Waals surface area contributed by atoms with Crippen molar-refractivity contribution < 1.29 is 0 Å². The summed E-state index contributed by atoms with van der Waals surface area (Å²) in [7, 11) is 0. The monoisotopic (exact) mass is 791 g/mol. The Labute approximate surface area is 358 Å². The van der Waals surface area contributed by atoms with Crippen molar-refractivity contribution >= 4 is 43.6 Å². The molecule has 3 aromatic heterocycles. The fourth-order valence-electron chi connectivity index (χ4n) is 9.13. The quantitative estimate of drug-likeness (QED) is 0.162. The van der Waals surface area contributed by atoms with Gasteiger partial charge in [-0.1, -0.05) is 200 Å². The average Bonchev–Trinajstić information content (AvgIpc) is 3.85. The van der Waals surface area contributed by atoms with Crippen LogP contribution in [-0.4, -0.2) is 24.1 Å². The van der Waals surface area contributed by atoms with Crippen LogP contribution in [0.2, 0.25) is 0 Å². The van der Waals surface area contributed by atoms with Gasteiger partial charge in [-0.2, -0.15) is 9.97 Å². The van der Waals surface area contributed by atoms with E-state index in [1.54, 1.807) is 0 Å². The second-order valence-electron chi connectivity index (χ2n) is 15.6. The Hall–Kier alpha value is -8.41. The van der Waals surface area contributed by atoms with Gasteiger partial charge in [-0.3, -0.25) is 4.57 Å². The molecule has 3 heterocycles. The molecule has 0 aliphatic heterocycles. The predicted octanol–water partition coefficient (Wildman–Crippen LogP) is 14.4. The highest BCUT2D eigenvalue weighted by Gasteiger charge is 2.23. The van der Waals surface area contributed by atoms with Crippen molar-refractivity contribution in [3.63, 3.8) is 0 Å². The van der Waals surface area contributed by atoms with E-state index >= 15 is 0 Å².